The van der Waals surface area contributed by atoms with Gasteiger partial charge in [-0.3, -0.25) is 9.69 Å². The molecule has 1 aliphatic rings. The van der Waals surface area contributed by atoms with Gasteiger partial charge in [0.1, 0.15) is 5.66 Å². The van der Waals surface area contributed by atoms with Crippen LogP contribution in [0.3, 0.4) is 0 Å². The van der Waals surface area contributed by atoms with Crippen molar-refractivity contribution in [1.29, 1.82) is 0 Å². The highest BCUT2D eigenvalue weighted by molar-refractivity contribution is 6.30. The maximum atomic E-state index is 11.8. The minimum atomic E-state index is -0.771. The molecule has 1 saturated heterocycles. The molecule has 33 heavy (non-hydrogen) atoms. The van der Waals surface area contributed by atoms with Gasteiger partial charge >= 0.3 is 0 Å². The molecule has 1 N–H and O–H groups in total. The maximum absolute atomic E-state index is 11.8. The Morgan fingerprint density at radius 1 is 1.12 bits per heavy atom. The molecular formula is C25H30ClN5O2. The molecule has 0 bridgehead atoms. The van der Waals surface area contributed by atoms with Crippen LogP contribution in [-0.4, -0.2) is 58.4 Å². The zero-order valence-corrected chi connectivity index (χ0v) is 20.1. The van der Waals surface area contributed by atoms with Crippen LogP contribution >= 0.6 is 11.6 Å². The van der Waals surface area contributed by atoms with Crippen molar-refractivity contribution >= 4 is 17.5 Å². The molecule has 0 spiro atoms. The second-order valence-corrected chi connectivity index (χ2v) is 9.26. The number of hydrogen-bond acceptors (Lipinski definition) is 5. The molecule has 2 aromatic carbocycles. The second kappa shape index (κ2) is 10.0. The number of nitrogens with one attached hydrogen (secondary N) is 1. The summed E-state index contributed by atoms with van der Waals surface area (Å²) in [5, 5.41) is 8.36. The van der Waals surface area contributed by atoms with E-state index in [1.807, 2.05) is 38.1 Å². The normalized spacial score (nSPS) is 14.9. The lowest BCUT2D eigenvalue weighted by molar-refractivity contribution is -0.121. The molecule has 3 aromatic rings. The summed E-state index contributed by atoms with van der Waals surface area (Å²) in [7, 11) is 0. The van der Waals surface area contributed by atoms with Crippen LogP contribution in [-0.2, 0) is 21.6 Å². The van der Waals surface area contributed by atoms with E-state index in [1.165, 1.54) is 12.5 Å². The quantitative estimate of drug-likeness (QED) is 0.569. The molecule has 1 amide bonds. The largest absolute Gasteiger partial charge is 0.379 e. The van der Waals surface area contributed by atoms with Crippen molar-refractivity contribution in [1.82, 2.24) is 25.0 Å². The topological polar surface area (TPSA) is 72.3 Å². The van der Waals surface area contributed by atoms with Crippen LogP contribution in [0.15, 0.2) is 48.5 Å². The van der Waals surface area contributed by atoms with Crippen molar-refractivity contribution in [2.75, 3.05) is 32.8 Å². The molecule has 2 heterocycles. The summed E-state index contributed by atoms with van der Waals surface area (Å²) in [6.07, 6.45) is 0.992. The molecule has 8 heteroatoms. The first-order chi connectivity index (χ1) is 15.8. The number of aromatic nitrogens is 3. The third kappa shape index (κ3) is 5.79. The third-order valence-corrected chi connectivity index (χ3v) is 5.97. The summed E-state index contributed by atoms with van der Waals surface area (Å²) in [6.45, 7) is 9.94. The van der Waals surface area contributed by atoms with Gasteiger partial charge in [0.2, 0.25) is 5.91 Å². The molecular weight excluding hydrogens is 438 g/mol. The van der Waals surface area contributed by atoms with Crippen LogP contribution in [0, 0.1) is 0 Å². The lowest BCUT2D eigenvalue weighted by atomic mass is 10.1. The van der Waals surface area contributed by atoms with Gasteiger partial charge in [-0.25, -0.2) is 9.67 Å². The first-order valence-electron chi connectivity index (χ1n) is 11.2. The van der Waals surface area contributed by atoms with E-state index in [2.05, 4.69) is 34.5 Å². The maximum Gasteiger partial charge on any atom is 0.218 e. The van der Waals surface area contributed by atoms with E-state index >= 15 is 0 Å². The fourth-order valence-corrected chi connectivity index (χ4v) is 4.25. The molecule has 174 valence electrons. The molecule has 1 aromatic heterocycles. The Morgan fingerprint density at radius 2 is 1.85 bits per heavy atom. The van der Waals surface area contributed by atoms with E-state index in [4.69, 9.17) is 26.4 Å². The van der Waals surface area contributed by atoms with Gasteiger partial charge in [0.05, 0.1) is 13.2 Å². The van der Waals surface area contributed by atoms with E-state index in [0.717, 1.165) is 50.4 Å². The summed E-state index contributed by atoms with van der Waals surface area (Å²) in [4.78, 5) is 19.1. The zero-order chi connectivity index (χ0) is 23.4. The van der Waals surface area contributed by atoms with E-state index in [0.29, 0.717) is 16.7 Å². The number of morpholine rings is 1. The summed E-state index contributed by atoms with van der Waals surface area (Å²) in [5.41, 5.74) is 2.26. The molecule has 0 unspecified atom stereocenters. The van der Waals surface area contributed by atoms with Crippen molar-refractivity contribution in [3.8, 4) is 22.8 Å². The number of amides is 1. The predicted octanol–water partition coefficient (Wildman–Crippen LogP) is 3.97. The lowest BCUT2D eigenvalue weighted by Gasteiger charge is -2.27. The molecule has 4 rings (SSSR count). The Morgan fingerprint density at radius 3 is 2.52 bits per heavy atom. The van der Waals surface area contributed by atoms with Crippen molar-refractivity contribution < 1.29 is 9.53 Å². The first-order valence-corrected chi connectivity index (χ1v) is 11.6. The number of nitrogens with zero attached hydrogens (tertiary/aromatic N) is 4. The standard InChI is InChI=1S/C25H30ClN5O2/c1-18(32)28-25(2,3)31-24(21-5-4-6-22(26)17-21)27-23(29-31)20-9-7-19(8-10-20)11-12-30-13-15-33-16-14-30/h4-10,17H,11-16H2,1-3H3,(H,28,32). The smallest absolute Gasteiger partial charge is 0.218 e. The highest BCUT2D eigenvalue weighted by Gasteiger charge is 2.28. The molecule has 1 aliphatic heterocycles. The lowest BCUT2D eigenvalue weighted by Crippen LogP contribution is -2.45. The minimum absolute atomic E-state index is 0.140. The molecule has 7 nitrogen and oxygen atoms in total. The number of rotatable bonds is 7. The fraction of sp³-hybridized carbons (Fsp3) is 0.400. The molecule has 0 saturated carbocycles. The molecule has 0 aliphatic carbocycles. The van der Waals surface area contributed by atoms with Crippen molar-refractivity contribution in [3.63, 3.8) is 0 Å². The number of carbonyl (C=O) groups excluding carboxylic acids is 1. The van der Waals surface area contributed by atoms with Crippen LogP contribution in [0.1, 0.15) is 26.3 Å². The van der Waals surface area contributed by atoms with Crippen LogP contribution < -0.4 is 5.32 Å². The summed E-state index contributed by atoms with van der Waals surface area (Å²) in [5.74, 6) is 1.10. The van der Waals surface area contributed by atoms with Gasteiger partial charge in [-0.15, -0.1) is 5.10 Å². The Bertz CT molecular complexity index is 1100. The third-order valence-electron chi connectivity index (χ3n) is 5.73. The molecule has 0 atom stereocenters. The van der Waals surface area contributed by atoms with Crippen molar-refractivity contribution in [3.05, 3.63) is 59.1 Å². The fourth-order valence-electron chi connectivity index (χ4n) is 4.05. The highest BCUT2D eigenvalue weighted by Crippen LogP contribution is 2.28. The van der Waals surface area contributed by atoms with Gasteiger partial charge in [0.25, 0.3) is 0 Å². The monoisotopic (exact) mass is 467 g/mol. The van der Waals surface area contributed by atoms with Gasteiger partial charge in [-0.1, -0.05) is 48.0 Å². The summed E-state index contributed by atoms with van der Waals surface area (Å²) >= 11 is 6.24. The first kappa shape index (κ1) is 23.4. The van der Waals surface area contributed by atoms with Crippen molar-refractivity contribution in [2.24, 2.45) is 0 Å². The average Bonchev–Trinajstić information content (AvgIpc) is 3.25. The summed E-state index contributed by atoms with van der Waals surface area (Å²) in [6, 6.07) is 15.9. The van der Waals surface area contributed by atoms with E-state index < -0.39 is 5.66 Å². The highest BCUT2D eigenvalue weighted by atomic mass is 35.5. The van der Waals surface area contributed by atoms with Crippen LogP contribution in [0.4, 0.5) is 0 Å². The Hall–Kier alpha value is -2.74. The SMILES string of the molecule is CC(=O)NC(C)(C)n1nc(-c2ccc(CCN3CCOCC3)cc2)nc1-c1cccc(Cl)c1. The predicted molar refractivity (Wildman–Crippen MR) is 130 cm³/mol. The second-order valence-electron chi connectivity index (χ2n) is 8.82. The number of halogens is 1. The van der Waals surface area contributed by atoms with E-state index in [1.54, 1.807) is 4.68 Å². The minimum Gasteiger partial charge on any atom is -0.379 e. The summed E-state index contributed by atoms with van der Waals surface area (Å²) < 4.78 is 7.18. The van der Waals surface area contributed by atoms with Crippen LogP contribution in [0.2, 0.25) is 5.02 Å². The van der Waals surface area contributed by atoms with Gasteiger partial charge < -0.3 is 10.1 Å². The van der Waals surface area contributed by atoms with Crippen LogP contribution in [0.25, 0.3) is 22.8 Å². The van der Waals surface area contributed by atoms with Gasteiger partial charge in [0, 0.05) is 42.7 Å². The van der Waals surface area contributed by atoms with Crippen molar-refractivity contribution in [2.45, 2.75) is 32.9 Å². The molecule has 1 fully saturated rings. The Labute approximate surface area is 199 Å². The van der Waals surface area contributed by atoms with Gasteiger partial charge in [-0.05, 0) is 38.0 Å². The average molecular weight is 468 g/mol. The number of benzene rings is 2. The van der Waals surface area contributed by atoms with Crippen LogP contribution in [0.5, 0.6) is 0 Å². The van der Waals surface area contributed by atoms with Gasteiger partial charge in [-0.2, -0.15) is 0 Å². The Balaban J connectivity index is 1.60. The van der Waals surface area contributed by atoms with Gasteiger partial charge in [0.15, 0.2) is 11.6 Å². The van der Waals surface area contributed by atoms with E-state index in [9.17, 15) is 4.79 Å². The Kier molecular flexibility index (Phi) is 7.12. The number of ether oxygens (including phenoxy) is 1. The zero-order valence-electron chi connectivity index (χ0n) is 19.3. The van der Waals surface area contributed by atoms with E-state index in [-0.39, 0.29) is 5.91 Å². The molecule has 0 radical (unpaired) electrons. The number of hydrogen-bond donors (Lipinski definition) is 1. The number of carbonyl (C=O) groups is 1.